The summed E-state index contributed by atoms with van der Waals surface area (Å²) in [7, 11) is 0. The molecular weight excluding hydrogens is 246 g/mol. The predicted octanol–water partition coefficient (Wildman–Crippen LogP) is 4.65. The molecule has 0 saturated carbocycles. The molecule has 0 amide bonds. The Kier molecular flexibility index (Phi) is 2.94. The molecule has 0 atom stereocenters. The van der Waals surface area contributed by atoms with Crippen LogP contribution in [-0.4, -0.2) is 10.8 Å². The van der Waals surface area contributed by atoms with E-state index in [0.717, 1.165) is 27.7 Å². The van der Waals surface area contributed by atoms with Crippen LogP contribution in [0.25, 0.3) is 22.2 Å². The Balaban J connectivity index is 2.38. The first-order valence-electron chi connectivity index (χ1n) is 6.77. The van der Waals surface area contributed by atoms with Gasteiger partial charge in [-0.25, -0.2) is 0 Å². The maximum Gasteiger partial charge on any atom is 0.162 e. The third-order valence-electron chi connectivity index (χ3n) is 3.72. The molecule has 0 aliphatic heterocycles. The van der Waals surface area contributed by atoms with E-state index in [2.05, 4.69) is 37.0 Å². The Morgan fingerprint density at radius 2 is 1.80 bits per heavy atom. The molecule has 3 rings (SSSR count). The third kappa shape index (κ3) is 1.94. The molecular formula is C18H17NO. The van der Waals surface area contributed by atoms with E-state index in [0.29, 0.717) is 0 Å². The van der Waals surface area contributed by atoms with Crippen molar-refractivity contribution >= 4 is 16.7 Å². The maximum absolute atomic E-state index is 12.1. The molecule has 2 nitrogen and oxygen atoms in total. The first kappa shape index (κ1) is 12.7. The number of nitrogens with one attached hydrogen (secondary N) is 1. The Labute approximate surface area is 118 Å². The Bertz CT molecular complexity index is 811. The van der Waals surface area contributed by atoms with Crippen LogP contribution in [0.1, 0.15) is 28.4 Å². The van der Waals surface area contributed by atoms with Crippen molar-refractivity contribution in [3.8, 4) is 11.3 Å². The zero-order chi connectivity index (χ0) is 14.3. The van der Waals surface area contributed by atoms with Crippen LogP contribution in [0, 0.1) is 13.8 Å². The number of hydrogen-bond acceptors (Lipinski definition) is 1. The first-order valence-corrected chi connectivity index (χ1v) is 6.77. The molecule has 3 aromatic rings. The van der Waals surface area contributed by atoms with Gasteiger partial charge in [-0.05, 0) is 38.5 Å². The molecule has 0 bridgehead atoms. The summed E-state index contributed by atoms with van der Waals surface area (Å²) < 4.78 is 0. The summed E-state index contributed by atoms with van der Waals surface area (Å²) in [4.78, 5) is 15.5. The van der Waals surface area contributed by atoms with Crippen LogP contribution in [-0.2, 0) is 0 Å². The van der Waals surface area contributed by atoms with Gasteiger partial charge in [-0.1, -0.05) is 35.9 Å². The second kappa shape index (κ2) is 4.64. The van der Waals surface area contributed by atoms with Crippen LogP contribution in [0.4, 0.5) is 0 Å². The summed E-state index contributed by atoms with van der Waals surface area (Å²) in [5.74, 6) is 0.0957. The van der Waals surface area contributed by atoms with Crippen molar-refractivity contribution in [1.82, 2.24) is 4.98 Å². The predicted molar refractivity (Wildman–Crippen MR) is 83.2 cm³/mol. The minimum absolute atomic E-state index is 0.0957. The van der Waals surface area contributed by atoms with Gasteiger partial charge in [0.25, 0.3) is 0 Å². The average molecular weight is 263 g/mol. The number of aromatic nitrogens is 1. The van der Waals surface area contributed by atoms with Crippen molar-refractivity contribution in [2.75, 3.05) is 0 Å². The molecule has 0 radical (unpaired) electrons. The average Bonchev–Trinajstić information content (AvgIpc) is 2.80. The van der Waals surface area contributed by atoms with Gasteiger partial charge in [0.15, 0.2) is 5.78 Å². The quantitative estimate of drug-likeness (QED) is 0.670. The molecule has 20 heavy (non-hydrogen) atoms. The molecule has 1 heterocycles. The van der Waals surface area contributed by atoms with E-state index < -0.39 is 0 Å². The molecule has 1 aromatic heterocycles. The summed E-state index contributed by atoms with van der Waals surface area (Å²) in [6.45, 7) is 5.77. The fourth-order valence-corrected chi connectivity index (χ4v) is 2.71. The summed E-state index contributed by atoms with van der Waals surface area (Å²) in [5.41, 5.74) is 6.19. The number of H-pyrrole nitrogens is 1. The monoisotopic (exact) mass is 263 g/mol. The first-order chi connectivity index (χ1) is 9.58. The van der Waals surface area contributed by atoms with Gasteiger partial charge in [0.2, 0.25) is 0 Å². The number of benzene rings is 2. The van der Waals surface area contributed by atoms with Crippen molar-refractivity contribution in [2.45, 2.75) is 20.8 Å². The number of Topliss-reactive ketones (excluding diaryl/α,β-unsaturated/α-hetero) is 1. The van der Waals surface area contributed by atoms with Crippen LogP contribution < -0.4 is 0 Å². The van der Waals surface area contributed by atoms with Crippen molar-refractivity contribution in [1.29, 1.82) is 0 Å². The van der Waals surface area contributed by atoms with E-state index >= 15 is 0 Å². The highest BCUT2D eigenvalue weighted by Gasteiger charge is 2.17. The van der Waals surface area contributed by atoms with Gasteiger partial charge in [0.05, 0.1) is 11.3 Å². The Morgan fingerprint density at radius 1 is 1.05 bits per heavy atom. The zero-order valence-electron chi connectivity index (χ0n) is 11.9. The maximum atomic E-state index is 12.1. The molecule has 0 fully saturated rings. The largest absolute Gasteiger partial charge is 0.354 e. The molecule has 100 valence electrons. The van der Waals surface area contributed by atoms with Crippen molar-refractivity contribution in [2.24, 2.45) is 0 Å². The molecule has 2 aromatic carbocycles. The lowest BCUT2D eigenvalue weighted by molar-refractivity contribution is 0.102. The van der Waals surface area contributed by atoms with E-state index in [9.17, 15) is 4.79 Å². The lowest BCUT2D eigenvalue weighted by Crippen LogP contribution is -1.95. The van der Waals surface area contributed by atoms with Crippen LogP contribution in [0.15, 0.2) is 42.5 Å². The second-order valence-electron chi connectivity index (χ2n) is 5.30. The number of carbonyl (C=O) groups excluding carboxylic acids is 1. The Morgan fingerprint density at radius 3 is 2.55 bits per heavy atom. The van der Waals surface area contributed by atoms with E-state index in [1.54, 1.807) is 6.92 Å². The van der Waals surface area contributed by atoms with Crippen molar-refractivity contribution in [3.05, 3.63) is 59.2 Å². The lowest BCUT2D eigenvalue weighted by atomic mass is 9.98. The van der Waals surface area contributed by atoms with E-state index in [4.69, 9.17) is 0 Å². The molecule has 0 aliphatic carbocycles. The molecule has 0 saturated heterocycles. The van der Waals surface area contributed by atoms with Crippen LogP contribution in [0.2, 0.25) is 0 Å². The number of para-hydroxylation sites is 1. The SMILES string of the molecule is CC(=O)c1c(-c2cc(C)ccc2C)[nH]c2ccccc12. The normalized spacial score (nSPS) is 10.9. The number of hydrogen-bond donors (Lipinski definition) is 1. The summed E-state index contributed by atoms with van der Waals surface area (Å²) >= 11 is 0. The van der Waals surface area contributed by atoms with E-state index in [-0.39, 0.29) is 5.78 Å². The molecule has 0 aliphatic rings. The molecule has 2 heteroatoms. The van der Waals surface area contributed by atoms with Crippen molar-refractivity contribution in [3.63, 3.8) is 0 Å². The van der Waals surface area contributed by atoms with Crippen LogP contribution >= 0.6 is 0 Å². The van der Waals surface area contributed by atoms with E-state index in [1.807, 2.05) is 24.3 Å². The fourth-order valence-electron chi connectivity index (χ4n) is 2.71. The van der Waals surface area contributed by atoms with Crippen molar-refractivity contribution < 1.29 is 4.79 Å². The molecule has 1 N–H and O–H groups in total. The standard InChI is InChI=1S/C18H17NO/c1-11-8-9-12(2)15(10-11)18-17(13(3)20)14-6-4-5-7-16(14)19-18/h4-10,19H,1-3H3. The van der Waals surface area contributed by atoms with Crippen LogP contribution in [0.3, 0.4) is 0 Å². The minimum Gasteiger partial charge on any atom is -0.354 e. The number of rotatable bonds is 2. The van der Waals surface area contributed by atoms with Gasteiger partial charge in [-0.2, -0.15) is 0 Å². The highest BCUT2D eigenvalue weighted by molar-refractivity contribution is 6.12. The molecule has 0 unspecified atom stereocenters. The van der Waals surface area contributed by atoms with Gasteiger partial charge < -0.3 is 4.98 Å². The highest BCUT2D eigenvalue weighted by Crippen LogP contribution is 2.32. The Hall–Kier alpha value is -2.35. The topological polar surface area (TPSA) is 32.9 Å². The van der Waals surface area contributed by atoms with Gasteiger partial charge in [0, 0.05) is 16.5 Å². The number of aryl methyl sites for hydroxylation is 2. The number of fused-ring (bicyclic) bond motifs is 1. The van der Waals surface area contributed by atoms with Crippen LogP contribution in [0.5, 0.6) is 0 Å². The van der Waals surface area contributed by atoms with Gasteiger partial charge in [-0.3, -0.25) is 4.79 Å². The summed E-state index contributed by atoms with van der Waals surface area (Å²) in [5, 5.41) is 0.996. The fraction of sp³-hybridized carbons (Fsp3) is 0.167. The van der Waals surface area contributed by atoms with Gasteiger partial charge >= 0.3 is 0 Å². The molecule has 0 spiro atoms. The highest BCUT2D eigenvalue weighted by atomic mass is 16.1. The smallest absolute Gasteiger partial charge is 0.162 e. The summed E-state index contributed by atoms with van der Waals surface area (Å²) in [6.07, 6.45) is 0. The third-order valence-corrected chi connectivity index (χ3v) is 3.72. The second-order valence-corrected chi connectivity index (χ2v) is 5.30. The van der Waals surface area contributed by atoms with Gasteiger partial charge in [0.1, 0.15) is 0 Å². The number of carbonyl (C=O) groups is 1. The zero-order valence-corrected chi connectivity index (χ0v) is 11.9. The number of ketones is 1. The van der Waals surface area contributed by atoms with Gasteiger partial charge in [-0.15, -0.1) is 0 Å². The minimum atomic E-state index is 0.0957. The van der Waals surface area contributed by atoms with E-state index in [1.165, 1.54) is 11.1 Å². The lowest BCUT2D eigenvalue weighted by Gasteiger charge is -2.07. The number of aromatic amines is 1. The summed E-state index contributed by atoms with van der Waals surface area (Å²) in [6, 6.07) is 14.3.